The minimum absolute atomic E-state index is 0.0920. The average Bonchev–Trinajstić information content (AvgIpc) is 2.45. The van der Waals surface area contributed by atoms with E-state index in [4.69, 9.17) is 0 Å². The van der Waals surface area contributed by atoms with Crippen LogP contribution in [0.5, 0.6) is 0 Å². The molecule has 0 amide bonds. The molecular formula is C14H17BrO5S. The molecule has 1 aromatic rings. The maximum Gasteiger partial charge on any atom is 0.306 e. The molecule has 0 aliphatic rings. The number of benzene rings is 1. The number of hydrogen-bond donors (Lipinski definition) is 0. The van der Waals surface area contributed by atoms with Crippen LogP contribution in [0.3, 0.4) is 0 Å². The molecular weight excluding hydrogens is 360 g/mol. The summed E-state index contributed by atoms with van der Waals surface area (Å²) in [4.78, 5) is 22.8. The molecule has 21 heavy (non-hydrogen) atoms. The fraction of sp³-hybridized carbons (Fsp3) is 0.429. The Kier molecular flexibility index (Phi) is 7.04. The Balaban J connectivity index is 2.40. The van der Waals surface area contributed by atoms with Gasteiger partial charge in [0.15, 0.2) is 15.6 Å². The number of ketones is 1. The molecule has 0 heterocycles. The summed E-state index contributed by atoms with van der Waals surface area (Å²) >= 11 is 3.28. The van der Waals surface area contributed by atoms with Gasteiger partial charge in [0.1, 0.15) is 0 Å². The minimum atomic E-state index is -3.33. The van der Waals surface area contributed by atoms with Crippen LogP contribution >= 0.6 is 15.9 Å². The molecule has 0 saturated carbocycles. The molecule has 0 N–H and O–H groups in total. The number of Topliss-reactive ketones (excluding diaryl/α,β-unsaturated/α-hetero) is 1. The molecule has 0 saturated heterocycles. The van der Waals surface area contributed by atoms with E-state index in [0.717, 1.165) is 4.47 Å². The van der Waals surface area contributed by atoms with Crippen LogP contribution in [0.25, 0.3) is 0 Å². The lowest BCUT2D eigenvalue weighted by atomic mass is 10.1. The van der Waals surface area contributed by atoms with Crippen LogP contribution in [-0.4, -0.2) is 38.8 Å². The van der Waals surface area contributed by atoms with Crippen LogP contribution in [0.1, 0.15) is 29.6 Å². The summed E-state index contributed by atoms with van der Waals surface area (Å²) in [7, 11) is -2.12. The highest BCUT2D eigenvalue weighted by Gasteiger charge is 2.15. The van der Waals surface area contributed by atoms with Crippen molar-refractivity contribution in [2.24, 2.45) is 0 Å². The number of ether oxygens (including phenoxy) is 1. The molecule has 0 atom stereocenters. The molecule has 0 aliphatic carbocycles. The molecule has 0 unspecified atom stereocenters. The lowest BCUT2D eigenvalue weighted by Crippen LogP contribution is -2.16. The van der Waals surface area contributed by atoms with Crippen LogP contribution in [0.2, 0.25) is 0 Å². The van der Waals surface area contributed by atoms with Gasteiger partial charge in [0.25, 0.3) is 0 Å². The zero-order valence-corrected chi connectivity index (χ0v) is 14.1. The third-order valence-corrected chi connectivity index (χ3v) is 5.14. The van der Waals surface area contributed by atoms with E-state index in [9.17, 15) is 18.0 Å². The predicted molar refractivity (Wildman–Crippen MR) is 83.0 cm³/mol. The second kappa shape index (κ2) is 8.29. The van der Waals surface area contributed by atoms with Gasteiger partial charge in [0.2, 0.25) is 0 Å². The zero-order chi connectivity index (χ0) is 15.9. The number of rotatable bonds is 8. The van der Waals surface area contributed by atoms with E-state index in [1.165, 1.54) is 7.11 Å². The fourth-order valence-corrected chi connectivity index (χ4v) is 3.21. The van der Waals surface area contributed by atoms with E-state index in [1.54, 1.807) is 24.3 Å². The van der Waals surface area contributed by atoms with Gasteiger partial charge in [-0.05, 0) is 18.6 Å². The van der Waals surface area contributed by atoms with Gasteiger partial charge in [-0.3, -0.25) is 9.59 Å². The van der Waals surface area contributed by atoms with Gasteiger partial charge in [0, 0.05) is 16.5 Å². The van der Waals surface area contributed by atoms with Crippen LogP contribution in [0.15, 0.2) is 28.7 Å². The van der Waals surface area contributed by atoms with Crippen molar-refractivity contribution >= 4 is 37.5 Å². The number of carbonyl (C=O) groups excluding carboxylic acids is 2. The number of carbonyl (C=O) groups is 2. The highest BCUT2D eigenvalue weighted by atomic mass is 79.9. The topological polar surface area (TPSA) is 77.5 Å². The number of sulfone groups is 1. The van der Waals surface area contributed by atoms with Crippen molar-refractivity contribution in [1.82, 2.24) is 0 Å². The summed E-state index contributed by atoms with van der Waals surface area (Å²) in [6.07, 6.45) is 0.261. The number of esters is 1. The highest BCUT2D eigenvalue weighted by Crippen LogP contribution is 2.13. The average molecular weight is 377 g/mol. The van der Waals surface area contributed by atoms with E-state index in [-0.39, 0.29) is 36.6 Å². The Labute approximate surface area is 132 Å². The fourth-order valence-electron chi connectivity index (χ4n) is 1.68. The number of halogens is 1. The first-order valence-corrected chi connectivity index (χ1v) is 9.01. The van der Waals surface area contributed by atoms with Crippen molar-refractivity contribution in [3.8, 4) is 0 Å². The Morgan fingerprint density at radius 1 is 1.10 bits per heavy atom. The Hall–Kier alpha value is -1.21. The van der Waals surface area contributed by atoms with Gasteiger partial charge < -0.3 is 4.74 Å². The molecule has 0 aromatic heterocycles. The van der Waals surface area contributed by atoms with Gasteiger partial charge in [-0.2, -0.15) is 0 Å². The Morgan fingerprint density at radius 2 is 1.71 bits per heavy atom. The maximum atomic E-state index is 11.9. The number of methoxy groups -OCH3 is 1. The standard InChI is InChI=1S/C14H17BrO5S/c1-20-14(17)8-10-21(18,19)9-2-3-13(16)11-4-6-12(15)7-5-11/h4-7H,2-3,8-10H2,1H3. The van der Waals surface area contributed by atoms with Crippen molar-refractivity contribution in [2.45, 2.75) is 19.3 Å². The van der Waals surface area contributed by atoms with Gasteiger partial charge in [-0.25, -0.2) is 8.42 Å². The van der Waals surface area contributed by atoms with Crippen molar-refractivity contribution in [3.05, 3.63) is 34.3 Å². The summed E-state index contributed by atoms with van der Waals surface area (Å²) in [6, 6.07) is 6.91. The van der Waals surface area contributed by atoms with Crippen LogP contribution in [0, 0.1) is 0 Å². The van der Waals surface area contributed by atoms with E-state index in [2.05, 4.69) is 20.7 Å². The molecule has 0 fully saturated rings. The largest absolute Gasteiger partial charge is 0.469 e. The second-order valence-electron chi connectivity index (χ2n) is 4.51. The Bertz CT molecular complexity index is 592. The molecule has 0 bridgehead atoms. The quantitative estimate of drug-likeness (QED) is 0.514. The van der Waals surface area contributed by atoms with Crippen LogP contribution in [0.4, 0.5) is 0 Å². The Morgan fingerprint density at radius 3 is 2.29 bits per heavy atom. The molecule has 1 rings (SSSR count). The second-order valence-corrected chi connectivity index (χ2v) is 7.73. The summed E-state index contributed by atoms with van der Waals surface area (Å²) < 4.78 is 28.7. The molecule has 0 radical (unpaired) electrons. The monoisotopic (exact) mass is 376 g/mol. The SMILES string of the molecule is COC(=O)CCS(=O)(=O)CCCC(=O)c1ccc(Br)cc1. The first-order valence-electron chi connectivity index (χ1n) is 6.40. The highest BCUT2D eigenvalue weighted by molar-refractivity contribution is 9.10. The normalized spacial score (nSPS) is 11.1. The molecule has 1 aromatic carbocycles. The molecule has 5 nitrogen and oxygen atoms in total. The first kappa shape index (κ1) is 17.8. The van der Waals surface area contributed by atoms with Crippen molar-refractivity contribution in [2.75, 3.05) is 18.6 Å². The van der Waals surface area contributed by atoms with E-state index in [1.807, 2.05) is 0 Å². The van der Waals surface area contributed by atoms with Crippen LogP contribution in [-0.2, 0) is 19.4 Å². The van der Waals surface area contributed by atoms with Gasteiger partial charge in [0.05, 0.1) is 25.0 Å². The van der Waals surface area contributed by atoms with Gasteiger partial charge >= 0.3 is 5.97 Å². The summed E-state index contributed by atoms with van der Waals surface area (Å²) in [5.74, 6) is -0.992. The molecule has 116 valence electrons. The van der Waals surface area contributed by atoms with Crippen molar-refractivity contribution in [1.29, 1.82) is 0 Å². The zero-order valence-electron chi connectivity index (χ0n) is 11.7. The molecule has 0 spiro atoms. The maximum absolute atomic E-state index is 11.9. The lowest BCUT2D eigenvalue weighted by Gasteiger charge is -2.04. The van der Waals surface area contributed by atoms with Gasteiger partial charge in [-0.1, -0.05) is 28.1 Å². The lowest BCUT2D eigenvalue weighted by molar-refractivity contribution is -0.140. The third kappa shape index (κ3) is 6.86. The number of hydrogen-bond acceptors (Lipinski definition) is 5. The molecule has 0 aliphatic heterocycles. The summed E-state index contributed by atoms with van der Waals surface area (Å²) in [6.45, 7) is 0. The molecule has 7 heteroatoms. The smallest absolute Gasteiger partial charge is 0.306 e. The van der Waals surface area contributed by atoms with E-state index < -0.39 is 15.8 Å². The summed E-state index contributed by atoms with van der Waals surface area (Å²) in [5, 5.41) is 0. The van der Waals surface area contributed by atoms with Crippen LogP contribution < -0.4 is 0 Å². The summed E-state index contributed by atoms with van der Waals surface area (Å²) in [5.41, 5.74) is 0.560. The van der Waals surface area contributed by atoms with Crippen molar-refractivity contribution < 1.29 is 22.7 Å². The van der Waals surface area contributed by atoms with Gasteiger partial charge in [-0.15, -0.1) is 0 Å². The third-order valence-electron chi connectivity index (χ3n) is 2.87. The predicted octanol–water partition coefficient (Wildman–Crippen LogP) is 2.39. The van der Waals surface area contributed by atoms with Crippen molar-refractivity contribution in [3.63, 3.8) is 0 Å². The van der Waals surface area contributed by atoms with E-state index >= 15 is 0 Å². The first-order chi connectivity index (χ1) is 9.84. The minimum Gasteiger partial charge on any atom is -0.469 e. The van der Waals surface area contributed by atoms with E-state index in [0.29, 0.717) is 5.56 Å².